The van der Waals surface area contributed by atoms with Crippen LogP contribution in [0.4, 0.5) is 5.13 Å². The van der Waals surface area contributed by atoms with Crippen molar-refractivity contribution in [2.75, 3.05) is 5.73 Å². The third-order valence-corrected chi connectivity index (χ3v) is 5.83. The minimum Gasteiger partial charge on any atom is -0.374 e. The van der Waals surface area contributed by atoms with Crippen LogP contribution in [-0.4, -0.2) is 21.1 Å². The molecule has 2 heterocycles. The van der Waals surface area contributed by atoms with E-state index in [2.05, 4.69) is 15.2 Å². The fourth-order valence-corrected chi connectivity index (χ4v) is 4.51. The number of hydrogen-bond acceptors (Lipinski definition) is 8. The molecule has 0 aliphatic carbocycles. The molecule has 0 aliphatic rings. The number of carbonyl (C=O) groups excluding carboxylic acids is 1. The zero-order valence-electron chi connectivity index (χ0n) is 11.2. The van der Waals surface area contributed by atoms with Gasteiger partial charge < -0.3 is 11.5 Å². The van der Waals surface area contributed by atoms with Gasteiger partial charge in [-0.2, -0.15) is 0 Å². The number of amides is 1. The lowest BCUT2D eigenvalue weighted by Gasteiger charge is -2.07. The van der Waals surface area contributed by atoms with Gasteiger partial charge in [0.2, 0.25) is 11.0 Å². The number of aromatic nitrogens is 3. The normalized spacial score (nSPS) is 12.2. The van der Waals surface area contributed by atoms with Crippen molar-refractivity contribution in [1.82, 2.24) is 15.2 Å². The number of thioether (sulfide) groups is 1. The molecule has 2 aromatic heterocycles. The third-order valence-electron chi connectivity index (χ3n) is 2.71. The number of benzene rings is 1. The van der Waals surface area contributed by atoms with Crippen molar-refractivity contribution in [2.24, 2.45) is 5.73 Å². The molecule has 0 saturated carbocycles. The van der Waals surface area contributed by atoms with Crippen LogP contribution >= 0.6 is 34.4 Å². The second-order valence-electron chi connectivity index (χ2n) is 4.24. The number of hydrogen-bond donors (Lipinski definition) is 2. The quantitative estimate of drug-likeness (QED) is 0.685. The molecule has 3 rings (SSSR count). The lowest BCUT2D eigenvalue weighted by Crippen LogP contribution is -2.18. The fourth-order valence-electron chi connectivity index (χ4n) is 1.75. The Morgan fingerprint density at radius 3 is 2.64 bits per heavy atom. The molecule has 0 bridgehead atoms. The molecular weight excluding hydrogens is 338 g/mol. The van der Waals surface area contributed by atoms with Gasteiger partial charge in [0.05, 0.1) is 5.69 Å². The standard InChI is InChI=1S/C13H11N5OS3/c14-10(19)9(21-13-18-17-12(15)22-13)11-16-8(6-20-11)7-4-2-1-3-5-7/h1-6,9H,(H2,14,19)(H2,15,17). The molecule has 0 saturated heterocycles. The number of anilines is 1. The summed E-state index contributed by atoms with van der Waals surface area (Å²) >= 11 is 3.84. The lowest BCUT2D eigenvalue weighted by atomic mass is 10.2. The van der Waals surface area contributed by atoms with E-state index in [-0.39, 0.29) is 0 Å². The van der Waals surface area contributed by atoms with Crippen molar-refractivity contribution >= 4 is 45.5 Å². The number of carbonyl (C=O) groups is 1. The van der Waals surface area contributed by atoms with E-state index in [4.69, 9.17) is 11.5 Å². The van der Waals surface area contributed by atoms with E-state index in [0.717, 1.165) is 11.3 Å². The van der Waals surface area contributed by atoms with E-state index in [1.54, 1.807) is 0 Å². The van der Waals surface area contributed by atoms with Crippen molar-refractivity contribution in [2.45, 2.75) is 9.59 Å². The molecule has 9 heteroatoms. The summed E-state index contributed by atoms with van der Waals surface area (Å²) in [5.74, 6) is -0.465. The molecule has 1 unspecified atom stereocenters. The number of thiazole rings is 1. The summed E-state index contributed by atoms with van der Waals surface area (Å²) in [6, 6.07) is 9.77. The van der Waals surface area contributed by atoms with Gasteiger partial charge in [0.15, 0.2) is 4.34 Å². The monoisotopic (exact) mass is 349 g/mol. The maximum Gasteiger partial charge on any atom is 0.238 e. The van der Waals surface area contributed by atoms with E-state index < -0.39 is 11.2 Å². The molecular formula is C13H11N5OS3. The predicted octanol–water partition coefficient (Wildman–Crippen LogP) is 2.56. The summed E-state index contributed by atoms with van der Waals surface area (Å²) in [5, 5.41) is 9.95. The Morgan fingerprint density at radius 1 is 1.23 bits per heavy atom. The zero-order valence-corrected chi connectivity index (χ0v) is 13.6. The Balaban J connectivity index is 1.86. The molecule has 0 fully saturated rings. The molecule has 6 nitrogen and oxygen atoms in total. The van der Waals surface area contributed by atoms with Gasteiger partial charge in [0.25, 0.3) is 0 Å². The van der Waals surface area contributed by atoms with Crippen molar-refractivity contribution in [3.8, 4) is 11.3 Å². The molecule has 112 valence electrons. The maximum absolute atomic E-state index is 11.8. The van der Waals surface area contributed by atoms with Crippen LogP contribution in [0.25, 0.3) is 11.3 Å². The smallest absolute Gasteiger partial charge is 0.238 e. The van der Waals surface area contributed by atoms with Crippen LogP contribution in [-0.2, 0) is 4.79 Å². The molecule has 0 radical (unpaired) electrons. The van der Waals surface area contributed by atoms with Crippen molar-refractivity contribution in [1.29, 1.82) is 0 Å². The summed E-state index contributed by atoms with van der Waals surface area (Å²) in [7, 11) is 0. The first-order valence-electron chi connectivity index (χ1n) is 6.19. The molecule has 1 amide bonds. The van der Waals surface area contributed by atoms with Gasteiger partial charge in [-0.3, -0.25) is 4.79 Å². The molecule has 1 atom stereocenters. The zero-order chi connectivity index (χ0) is 15.5. The van der Waals surface area contributed by atoms with Gasteiger partial charge in [-0.05, 0) is 0 Å². The molecule has 22 heavy (non-hydrogen) atoms. The second-order valence-corrected chi connectivity index (χ2v) is 7.49. The summed E-state index contributed by atoms with van der Waals surface area (Å²) in [5.41, 5.74) is 12.9. The summed E-state index contributed by atoms with van der Waals surface area (Å²) in [4.78, 5) is 16.3. The Hall–Kier alpha value is -1.97. The second kappa shape index (κ2) is 6.42. The summed E-state index contributed by atoms with van der Waals surface area (Å²) in [6.07, 6.45) is 0. The van der Waals surface area contributed by atoms with Crippen LogP contribution in [0.3, 0.4) is 0 Å². The first-order valence-corrected chi connectivity index (χ1v) is 8.77. The van der Waals surface area contributed by atoms with Gasteiger partial charge >= 0.3 is 0 Å². The number of nitrogen functional groups attached to an aromatic ring is 1. The number of primary amides is 1. The minimum absolute atomic E-state index is 0.356. The van der Waals surface area contributed by atoms with Gasteiger partial charge in [-0.15, -0.1) is 21.5 Å². The largest absolute Gasteiger partial charge is 0.374 e. The highest BCUT2D eigenvalue weighted by molar-refractivity contribution is 8.02. The van der Waals surface area contributed by atoms with Gasteiger partial charge in [0, 0.05) is 10.9 Å². The highest BCUT2D eigenvalue weighted by Gasteiger charge is 2.25. The average molecular weight is 349 g/mol. The molecule has 1 aromatic carbocycles. The molecule has 0 spiro atoms. The van der Waals surface area contributed by atoms with Crippen LogP contribution < -0.4 is 11.5 Å². The Bertz CT molecular complexity index is 786. The Labute approximate surface area is 138 Å². The topological polar surface area (TPSA) is 108 Å². The SMILES string of the molecule is NC(=O)C(Sc1nnc(N)s1)c1nc(-c2ccccc2)cs1. The fraction of sp³-hybridized carbons (Fsp3) is 0.0769. The first kappa shape index (κ1) is 14.9. The number of nitrogens with two attached hydrogens (primary N) is 2. The third kappa shape index (κ3) is 3.26. The van der Waals surface area contributed by atoms with Crippen LogP contribution in [0.5, 0.6) is 0 Å². The van der Waals surface area contributed by atoms with Crippen LogP contribution in [0.2, 0.25) is 0 Å². The van der Waals surface area contributed by atoms with Crippen LogP contribution in [0, 0.1) is 0 Å². The average Bonchev–Trinajstić information content (AvgIpc) is 3.14. The van der Waals surface area contributed by atoms with E-state index in [0.29, 0.717) is 14.5 Å². The molecule has 4 N–H and O–H groups in total. The van der Waals surface area contributed by atoms with Crippen molar-refractivity contribution in [3.05, 3.63) is 40.7 Å². The van der Waals surface area contributed by atoms with Crippen molar-refractivity contribution < 1.29 is 4.79 Å². The van der Waals surface area contributed by atoms with E-state index in [1.807, 2.05) is 35.7 Å². The van der Waals surface area contributed by atoms with Gasteiger partial charge in [-0.25, -0.2) is 4.98 Å². The van der Waals surface area contributed by atoms with Gasteiger partial charge in [-0.1, -0.05) is 53.4 Å². The van der Waals surface area contributed by atoms with Gasteiger partial charge in [0.1, 0.15) is 10.3 Å². The molecule has 0 aliphatic heterocycles. The van der Waals surface area contributed by atoms with Crippen LogP contribution in [0.1, 0.15) is 10.3 Å². The summed E-state index contributed by atoms with van der Waals surface area (Å²) in [6.45, 7) is 0. The summed E-state index contributed by atoms with van der Waals surface area (Å²) < 4.78 is 0.595. The minimum atomic E-state index is -0.602. The van der Waals surface area contributed by atoms with Crippen molar-refractivity contribution in [3.63, 3.8) is 0 Å². The predicted molar refractivity (Wildman–Crippen MR) is 89.7 cm³/mol. The number of nitrogens with zero attached hydrogens (tertiary/aromatic N) is 3. The lowest BCUT2D eigenvalue weighted by molar-refractivity contribution is -0.117. The first-order chi connectivity index (χ1) is 10.6. The number of rotatable bonds is 5. The Morgan fingerprint density at radius 2 is 2.00 bits per heavy atom. The Kier molecular flexibility index (Phi) is 4.36. The highest BCUT2D eigenvalue weighted by Crippen LogP contribution is 2.39. The van der Waals surface area contributed by atoms with E-state index >= 15 is 0 Å². The van der Waals surface area contributed by atoms with Crippen LogP contribution in [0.15, 0.2) is 40.1 Å². The highest BCUT2D eigenvalue weighted by atomic mass is 32.2. The van der Waals surface area contributed by atoms with E-state index in [9.17, 15) is 4.79 Å². The van der Waals surface area contributed by atoms with E-state index in [1.165, 1.54) is 34.4 Å². The molecule has 3 aromatic rings. The maximum atomic E-state index is 11.8.